The van der Waals surface area contributed by atoms with Gasteiger partial charge in [0.15, 0.2) is 0 Å². The summed E-state index contributed by atoms with van der Waals surface area (Å²) in [7, 11) is -3.92. The average molecular weight is 667 g/mol. The van der Waals surface area contributed by atoms with E-state index in [1.807, 2.05) is 23.6 Å². The van der Waals surface area contributed by atoms with Crippen LogP contribution in [0.4, 0.5) is 15.9 Å². The standard InChI is InChI=1S/C18H13FN3O2S.C6H7N3S2.Mo.2O/c19-17-6-2-1-5-14(17)13-21-25(23,24)16-10-8-15(9-11-16)22-18-7-3-4-12-20-18;7-6(10)9-8-4-5-2-1-3-11-5;;;/h1-13H;1-4H,(H3,7,9,10);;;/q-1;;+2;;/p-1/b21-13+;8-4-;;;. The molecule has 0 atom stereocenters. The maximum atomic E-state index is 13.5. The van der Waals surface area contributed by atoms with E-state index in [0.29, 0.717) is 11.5 Å². The molecule has 4 aromatic rings. The summed E-state index contributed by atoms with van der Waals surface area (Å²) in [4.78, 5) is 5.10. The first kappa shape index (κ1) is 31.5. The second-order valence-electron chi connectivity index (χ2n) is 6.79. The monoisotopic (exact) mass is 668 g/mol. The Labute approximate surface area is 242 Å². The molecular weight excluding hydrogens is 647 g/mol. The molecule has 0 amide bonds. The fourth-order valence-electron chi connectivity index (χ4n) is 2.52. The number of aromatic nitrogens is 1. The van der Waals surface area contributed by atoms with Crippen LogP contribution in [0.25, 0.3) is 5.32 Å². The molecule has 0 radical (unpaired) electrons. The quantitative estimate of drug-likeness (QED) is 0.0948. The first-order chi connectivity index (χ1) is 18.7. The molecule has 2 N–H and O–H groups in total. The summed E-state index contributed by atoms with van der Waals surface area (Å²) in [5.74, 6) is -0.0124. The van der Waals surface area contributed by atoms with Crippen molar-refractivity contribution in [3.8, 4) is 0 Å². The second kappa shape index (κ2) is 17.0. The van der Waals surface area contributed by atoms with Crippen LogP contribution >= 0.6 is 11.3 Å². The first-order valence-electron chi connectivity index (χ1n) is 10.5. The number of halogens is 1. The summed E-state index contributed by atoms with van der Waals surface area (Å²) in [5, 5.41) is 13.4. The number of thiophene rings is 1. The maximum absolute atomic E-state index is 13.5. The van der Waals surface area contributed by atoms with E-state index < -0.39 is 34.3 Å². The van der Waals surface area contributed by atoms with Crippen molar-refractivity contribution in [2.75, 3.05) is 0 Å². The van der Waals surface area contributed by atoms with E-state index in [2.05, 4.69) is 37.5 Å². The summed E-state index contributed by atoms with van der Waals surface area (Å²) in [6.45, 7) is 0. The van der Waals surface area contributed by atoms with Crippen LogP contribution in [0.3, 0.4) is 0 Å². The van der Waals surface area contributed by atoms with E-state index in [9.17, 15) is 12.8 Å². The van der Waals surface area contributed by atoms with Gasteiger partial charge in [-0.3, -0.25) is 0 Å². The van der Waals surface area contributed by atoms with Crippen molar-refractivity contribution >= 4 is 63.1 Å². The molecule has 0 unspecified atom stereocenters. The first-order valence-corrected chi connectivity index (χ1v) is 14.9. The third-order valence-electron chi connectivity index (χ3n) is 4.15. The molecule has 2 aromatic heterocycles. The fraction of sp³-hybridized carbons (Fsp3) is 0. The second-order valence-corrected chi connectivity index (χ2v) is 10.2. The summed E-state index contributed by atoms with van der Waals surface area (Å²) < 4.78 is 58.5. The van der Waals surface area contributed by atoms with E-state index in [0.717, 1.165) is 11.1 Å². The van der Waals surface area contributed by atoms with Gasteiger partial charge < -0.3 is 28.7 Å². The van der Waals surface area contributed by atoms with E-state index in [4.69, 9.17) is 12.5 Å². The van der Waals surface area contributed by atoms with Crippen molar-refractivity contribution in [1.29, 1.82) is 0 Å². The van der Waals surface area contributed by atoms with Gasteiger partial charge in [0.1, 0.15) is 5.82 Å². The third-order valence-corrected chi connectivity index (χ3v) is 6.29. The van der Waals surface area contributed by atoms with Gasteiger partial charge >= 0.3 is 25.3 Å². The third kappa shape index (κ3) is 12.1. The minimum absolute atomic E-state index is 0.0000557. The molecule has 0 aliphatic carbocycles. The normalized spacial score (nSPS) is 11.2. The van der Waals surface area contributed by atoms with Crippen LogP contribution < -0.4 is 5.73 Å². The van der Waals surface area contributed by atoms with Gasteiger partial charge in [-0.2, -0.15) is 23.0 Å². The molecule has 4 rings (SSSR count). The van der Waals surface area contributed by atoms with Gasteiger partial charge in [0.25, 0.3) is 10.0 Å². The topological polar surface area (TPSA) is 158 Å². The molecule has 0 fully saturated rings. The average Bonchev–Trinajstić information content (AvgIpc) is 3.44. The molecule has 2 heterocycles. The Morgan fingerprint density at radius 1 is 1.00 bits per heavy atom. The summed E-state index contributed by atoms with van der Waals surface area (Å²) in [6, 6.07) is 20.9. The van der Waals surface area contributed by atoms with Crippen LogP contribution in [0.1, 0.15) is 10.4 Å². The molecule has 0 spiro atoms. The summed E-state index contributed by atoms with van der Waals surface area (Å²) >= 11 is 4.04. The van der Waals surface area contributed by atoms with Crippen LogP contribution in [-0.2, 0) is 47.9 Å². The van der Waals surface area contributed by atoms with Crippen molar-refractivity contribution in [1.82, 2.24) is 4.98 Å². The van der Waals surface area contributed by atoms with Gasteiger partial charge in [-0.1, -0.05) is 66.6 Å². The number of hydrogen-bond acceptors (Lipinski definition) is 9. The van der Waals surface area contributed by atoms with E-state index in [-0.39, 0.29) is 15.6 Å². The van der Waals surface area contributed by atoms with E-state index in [1.54, 1.807) is 54.1 Å². The predicted octanol–water partition coefficient (Wildman–Crippen LogP) is 5.07. The van der Waals surface area contributed by atoms with Gasteiger partial charge in [0.05, 0.1) is 17.3 Å². The van der Waals surface area contributed by atoms with E-state index >= 15 is 0 Å². The Morgan fingerprint density at radius 3 is 2.28 bits per heavy atom. The fourth-order valence-corrected chi connectivity index (χ4v) is 4.00. The Hall–Kier alpha value is -3.71. The van der Waals surface area contributed by atoms with Crippen LogP contribution in [0.2, 0.25) is 0 Å². The van der Waals surface area contributed by atoms with Crippen molar-refractivity contribution in [3.63, 3.8) is 0 Å². The minimum atomic E-state index is -3.92. The number of amidine groups is 1. The molecular formula is C24H19FMoN6O4S3. The zero-order valence-electron chi connectivity index (χ0n) is 19.8. The Balaban J connectivity index is 0.000000317. The van der Waals surface area contributed by atoms with Crippen molar-refractivity contribution < 1.29 is 38.1 Å². The van der Waals surface area contributed by atoms with E-state index in [1.165, 1.54) is 30.3 Å². The van der Waals surface area contributed by atoms with Gasteiger partial charge in [0, 0.05) is 10.4 Å². The number of benzene rings is 2. The van der Waals surface area contributed by atoms with Crippen molar-refractivity contribution in [2.24, 2.45) is 20.3 Å². The molecule has 0 saturated heterocycles. The van der Waals surface area contributed by atoms with Crippen LogP contribution in [0, 0.1) is 5.82 Å². The van der Waals surface area contributed by atoms with Gasteiger partial charge in [0.2, 0.25) is 0 Å². The molecule has 0 saturated carbocycles. The van der Waals surface area contributed by atoms with Gasteiger partial charge in [-0.05, 0) is 40.5 Å². The number of rotatable bonds is 7. The Kier molecular flexibility index (Phi) is 13.7. The summed E-state index contributed by atoms with van der Waals surface area (Å²) in [5.41, 5.74) is 5.76. The number of sulfonamides is 1. The van der Waals surface area contributed by atoms with Crippen molar-refractivity contribution in [3.05, 3.63) is 112 Å². The molecule has 15 heteroatoms. The van der Waals surface area contributed by atoms with Crippen LogP contribution in [0.5, 0.6) is 0 Å². The number of pyridine rings is 1. The molecule has 200 valence electrons. The molecule has 0 aliphatic rings. The molecule has 0 aliphatic heterocycles. The Morgan fingerprint density at radius 2 is 1.69 bits per heavy atom. The van der Waals surface area contributed by atoms with Gasteiger partial charge in [-0.15, -0.1) is 11.3 Å². The van der Waals surface area contributed by atoms with Crippen LogP contribution in [0.15, 0.2) is 110 Å². The SMILES string of the molecule is N/C([S-])=N/N=C\c1cccs1.O=S(=O)(/N=C/c1ccccc1F)c1ccc([N-]c2ccccn2)cc1.[O]=[Mo+2]=[O]. The molecule has 10 nitrogen and oxygen atoms in total. The predicted molar refractivity (Wildman–Crippen MR) is 147 cm³/mol. The summed E-state index contributed by atoms with van der Waals surface area (Å²) in [6.07, 6.45) is 4.23. The zero-order valence-corrected chi connectivity index (χ0v) is 24.2. The molecule has 39 heavy (non-hydrogen) atoms. The Bertz CT molecular complexity index is 1540. The molecule has 2 aromatic carbocycles. The van der Waals surface area contributed by atoms with Gasteiger partial charge in [-0.25, -0.2) is 4.39 Å². The number of nitrogens with two attached hydrogens (primary N) is 1. The zero-order chi connectivity index (χ0) is 28.5. The van der Waals surface area contributed by atoms with Crippen LogP contribution in [-0.4, -0.2) is 31.0 Å². The van der Waals surface area contributed by atoms with Crippen molar-refractivity contribution in [2.45, 2.75) is 4.90 Å². The molecule has 0 bridgehead atoms. The number of hydrogen-bond donors (Lipinski definition) is 1. The number of nitrogens with zero attached hydrogens (tertiary/aromatic N) is 5.